The maximum absolute atomic E-state index is 7.17. The summed E-state index contributed by atoms with van der Waals surface area (Å²) < 4.78 is 7.17. The van der Waals surface area contributed by atoms with E-state index in [9.17, 15) is 0 Å². The fourth-order valence-corrected chi connectivity index (χ4v) is 12.2. The Bertz CT molecular complexity index is 2500. The summed E-state index contributed by atoms with van der Waals surface area (Å²) in [6.45, 7) is 23.6. The van der Waals surface area contributed by atoms with E-state index in [-0.39, 0.29) is 16.2 Å². The molecule has 2 nitrogen and oxygen atoms in total. The zero-order chi connectivity index (χ0) is 36.5. The molecule has 0 unspecified atom stereocenters. The van der Waals surface area contributed by atoms with Crippen LogP contribution >= 0.6 is 0 Å². The Hall–Kier alpha value is -4.86. The number of fused-ring (bicyclic) bond motifs is 9. The number of hydrogen-bond acceptors (Lipinski definition) is 2. The van der Waals surface area contributed by atoms with Crippen LogP contribution in [-0.2, 0) is 16.2 Å². The molecule has 1 aromatic heterocycles. The Morgan fingerprint density at radius 1 is 0.538 bits per heavy atom. The lowest BCUT2D eigenvalue weighted by molar-refractivity contribution is 0.559. The summed E-state index contributed by atoms with van der Waals surface area (Å²) in [6.07, 6.45) is 0. The van der Waals surface area contributed by atoms with Crippen LogP contribution in [0.4, 0.5) is 17.1 Å². The first-order valence-electron chi connectivity index (χ1n) is 18.9. The molecule has 0 saturated heterocycles. The molecule has 2 heterocycles. The van der Waals surface area contributed by atoms with Crippen molar-refractivity contribution in [3.05, 3.63) is 138 Å². The van der Waals surface area contributed by atoms with Crippen molar-refractivity contribution in [2.45, 2.75) is 84.7 Å². The quantitative estimate of drug-likeness (QED) is 0.171. The van der Waals surface area contributed by atoms with Crippen molar-refractivity contribution in [2.24, 2.45) is 0 Å². The van der Waals surface area contributed by atoms with Crippen molar-refractivity contribution < 1.29 is 4.42 Å². The minimum Gasteiger partial charge on any atom is -0.454 e. The normalized spacial score (nSPS) is 15.4. The summed E-state index contributed by atoms with van der Waals surface area (Å²) in [5.74, 6) is 0. The third kappa shape index (κ3) is 4.68. The van der Waals surface area contributed by atoms with Gasteiger partial charge in [0, 0.05) is 33.1 Å². The van der Waals surface area contributed by atoms with Crippen LogP contribution in [0.2, 0.25) is 13.1 Å². The molecule has 9 rings (SSSR count). The summed E-state index contributed by atoms with van der Waals surface area (Å²) in [4.78, 5) is 2.47. The van der Waals surface area contributed by atoms with Crippen LogP contribution in [0.1, 0.15) is 77.6 Å². The van der Waals surface area contributed by atoms with Gasteiger partial charge in [0.05, 0.1) is 5.69 Å². The average Bonchev–Trinajstić information content (AvgIpc) is 3.68. The fourth-order valence-electron chi connectivity index (χ4n) is 9.14. The molecule has 0 radical (unpaired) electrons. The Morgan fingerprint density at radius 2 is 1.17 bits per heavy atom. The first-order chi connectivity index (χ1) is 24.6. The number of anilines is 3. The monoisotopic (exact) mass is 695 g/mol. The van der Waals surface area contributed by atoms with Crippen molar-refractivity contribution in [2.75, 3.05) is 4.90 Å². The molecular weight excluding hydrogens is 647 g/mol. The van der Waals surface area contributed by atoms with E-state index in [0.29, 0.717) is 0 Å². The van der Waals surface area contributed by atoms with Crippen LogP contribution in [0.3, 0.4) is 0 Å². The van der Waals surface area contributed by atoms with Gasteiger partial charge in [-0.15, -0.1) is 0 Å². The topological polar surface area (TPSA) is 16.4 Å². The number of nitrogens with zero attached hydrogens (tertiary/aromatic N) is 1. The van der Waals surface area contributed by atoms with Crippen LogP contribution < -0.4 is 15.3 Å². The largest absolute Gasteiger partial charge is 0.454 e. The average molecular weight is 696 g/mol. The molecule has 1 aliphatic carbocycles. The molecule has 7 aromatic rings. The first kappa shape index (κ1) is 33.0. The van der Waals surface area contributed by atoms with Gasteiger partial charge in [0.25, 0.3) is 0 Å². The zero-order valence-corrected chi connectivity index (χ0v) is 33.3. The maximum Gasteiger partial charge on any atom is 0.159 e. The van der Waals surface area contributed by atoms with Crippen LogP contribution in [0.5, 0.6) is 0 Å². The molecule has 3 heteroatoms. The van der Waals surface area contributed by atoms with E-state index in [1.165, 1.54) is 66.0 Å². The third-order valence-electron chi connectivity index (χ3n) is 12.1. The van der Waals surface area contributed by atoms with E-state index in [2.05, 4.69) is 189 Å². The summed E-state index contributed by atoms with van der Waals surface area (Å²) in [6, 6.07) is 43.7. The van der Waals surface area contributed by atoms with E-state index in [1.807, 2.05) is 0 Å². The Balaban J connectivity index is 1.33. The van der Waals surface area contributed by atoms with E-state index >= 15 is 0 Å². The second kappa shape index (κ2) is 10.8. The van der Waals surface area contributed by atoms with Gasteiger partial charge in [-0.05, 0) is 96.5 Å². The third-order valence-corrected chi connectivity index (χ3v) is 15.7. The second-order valence-electron chi connectivity index (χ2n) is 18.3. The molecule has 0 fully saturated rings. The zero-order valence-electron chi connectivity index (χ0n) is 32.3. The van der Waals surface area contributed by atoms with Crippen molar-refractivity contribution in [3.8, 4) is 22.3 Å². The standard InChI is InChI=1S/C49H49NOSi/c1-47(2,3)30-26-38-37-18-15-20-42(46(37)51-45(38)41(27-30)48(4,5)6)50(31-22-24-34-33-16-11-13-19-39(33)49(7,8)40(34)28-31)32-23-25-36-35-17-12-14-21-43(35)52(9,10)44(36)29-32/h11-29H,1-10H3. The predicted molar refractivity (Wildman–Crippen MR) is 226 cm³/mol. The van der Waals surface area contributed by atoms with Gasteiger partial charge in [-0.1, -0.05) is 147 Å². The highest BCUT2D eigenvalue weighted by atomic mass is 28.3. The maximum atomic E-state index is 7.17. The Morgan fingerprint density at radius 3 is 1.90 bits per heavy atom. The van der Waals surface area contributed by atoms with E-state index in [4.69, 9.17) is 4.42 Å². The molecule has 0 atom stereocenters. The van der Waals surface area contributed by atoms with Gasteiger partial charge >= 0.3 is 0 Å². The lowest BCUT2D eigenvalue weighted by Crippen LogP contribution is -2.49. The van der Waals surface area contributed by atoms with Gasteiger partial charge in [-0.25, -0.2) is 0 Å². The number of furan rings is 1. The smallest absolute Gasteiger partial charge is 0.159 e. The summed E-state index contributed by atoms with van der Waals surface area (Å²) in [5.41, 5.74) is 15.9. The highest BCUT2D eigenvalue weighted by molar-refractivity contribution is 7.03. The van der Waals surface area contributed by atoms with Crippen LogP contribution in [0.15, 0.2) is 120 Å². The Labute approximate surface area is 310 Å². The minimum atomic E-state index is -1.93. The van der Waals surface area contributed by atoms with Crippen LogP contribution in [-0.4, -0.2) is 8.07 Å². The number of rotatable bonds is 3. The molecule has 0 spiro atoms. The first-order valence-corrected chi connectivity index (χ1v) is 21.9. The second-order valence-corrected chi connectivity index (χ2v) is 22.6. The summed E-state index contributed by atoms with van der Waals surface area (Å²) in [5, 5.41) is 5.37. The van der Waals surface area contributed by atoms with Crippen molar-refractivity contribution in [1.82, 2.24) is 0 Å². The van der Waals surface area contributed by atoms with Crippen LogP contribution in [0, 0.1) is 0 Å². The predicted octanol–water partition coefficient (Wildman–Crippen LogP) is 12.8. The number of benzene rings is 6. The van der Waals surface area contributed by atoms with E-state index in [1.54, 1.807) is 0 Å². The molecule has 2 aliphatic rings. The summed E-state index contributed by atoms with van der Waals surface area (Å²) in [7, 11) is -1.93. The fraction of sp³-hybridized carbons (Fsp3) is 0.265. The molecular formula is C49H49NOSi. The van der Waals surface area contributed by atoms with Crippen molar-refractivity contribution in [1.29, 1.82) is 0 Å². The van der Waals surface area contributed by atoms with E-state index in [0.717, 1.165) is 27.9 Å². The lowest BCUT2D eigenvalue weighted by Gasteiger charge is -2.29. The molecule has 1 aliphatic heterocycles. The van der Waals surface area contributed by atoms with Gasteiger partial charge in [0.15, 0.2) is 5.58 Å². The SMILES string of the molecule is CC(C)(C)c1cc(C(C)(C)C)c2oc3c(N(c4ccc5c(c4)C(C)(C)c4ccccc4-5)c4ccc5c(c4)[Si](C)(C)c4ccccc4-5)cccc3c2c1. The molecule has 0 bridgehead atoms. The summed E-state index contributed by atoms with van der Waals surface area (Å²) >= 11 is 0. The lowest BCUT2D eigenvalue weighted by atomic mass is 9.79. The highest BCUT2D eigenvalue weighted by Crippen LogP contribution is 2.52. The molecule has 0 saturated carbocycles. The van der Waals surface area contributed by atoms with Crippen molar-refractivity contribution >= 4 is 57.4 Å². The van der Waals surface area contributed by atoms with Crippen LogP contribution in [0.25, 0.3) is 44.2 Å². The van der Waals surface area contributed by atoms with Gasteiger partial charge in [0.1, 0.15) is 13.7 Å². The molecule has 0 N–H and O–H groups in total. The van der Waals surface area contributed by atoms with E-state index < -0.39 is 8.07 Å². The number of para-hydroxylation sites is 1. The highest BCUT2D eigenvalue weighted by Gasteiger charge is 2.39. The number of hydrogen-bond donors (Lipinski definition) is 0. The molecule has 6 aromatic carbocycles. The van der Waals surface area contributed by atoms with Gasteiger partial charge in [0.2, 0.25) is 0 Å². The van der Waals surface area contributed by atoms with Crippen molar-refractivity contribution in [3.63, 3.8) is 0 Å². The van der Waals surface area contributed by atoms with Gasteiger partial charge in [-0.2, -0.15) is 0 Å². The van der Waals surface area contributed by atoms with Gasteiger partial charge < -0.3 is 9.32 Å². The minimum absolute atomic E-state index is 0.00884. The van der Waals surface area contributed by atoms with Gasteiger partial charge in [-0.3, -0.25) is 0 Å². The molecule has 52 heavy (non-hydrogen) atoms. The molecule has 0 amide bonds. The molecule has 260 valence electrons. The Kier molecular flexibility index (Phi) is 6.88.